The zero-order chi connectivity index (χ0) is 16.3. The molecule has 1 aliphatic heterocycles. The maximum Gasteiger partial charge on any atom is 0.311 e. The minimum absolute atomic E-state index is 0.0325. The van der Waals surface area contributed by atoms with Crippen LogP contribution in [-0.2, 0) is 9.59 Å². The number of hydrogen-bond acceptors (Lipinski definition) is 3. The topological polar surface area (TPSA) is 74.7 Å². The number of hydrogen-bond donors (Lipinski definition) is 1. The molecule has 5 nitrogen and oxygen atoms in total. The number of carboxylic acid groups (broad SMARTS) is 1. The lowest BCUT2D eigenvalue weighted by Gasteiger charge is -2.20. The number of Topliss-reactive ketones (excluding diaryl/α,β-unsaturated/α-hetero) is 1. The zero-order valence-electron chi connectivity index (χ0n) is 12.3. The van der Waals surface area contributed by atoms with Gasteiger partial charge in [-0.3, -0.25) is 14.4 Å². The number of rotatable bonds is 5. The third-order valence-electron chi connectivity index (χ3n) is 4.07. The van der Waals surface area contributed by atoms with Gasteiger partial charge in [-0.25, -0.2) is 4.39 Å². The van der Waals surface area contributed by atoms with Gasteiger partial charge in [0.1, 0.15) is 5.82 Å². The van der Waals surface area contributed by atoms with Crippen LogP contribution in [0.2, 0.25) is 0 Å². The Morgan fingerprint density at radius 3 is 2.41 bits per heavy atom. The number of carbonyl (C=O) groups is 3. The van der Waals surface area contributed by atoms with Crippen LogP contribution in [0.15, 0.2) is 24.3 Å². The molecular weight excluding hydrogens is 289 g/mol. The summed E-state index contributed by atoms with van der Waals surface area (Å²) in [6, 6.07) is 5.18. The van der Waals surface area contributed by atoms with Crippen LogP contribution < -0.4 is 0 Å². The van der Waals surface area contributed by atoms with Gasteiger partial charge in [-0.05, 0) is 37.6 Å². The van der Waals surface area contributed by atoms with Crippen LogP contribution in [0.3, 0.4) is 0 Å². The third kappa shape index (κ3) is 3.50. The van der Waals surface area contributed by atoms with Gasteiger partial charge >= 0.3 is 5.97 Å². The van der Waals surface area contributed by atoms with Crippen molar-refractivity contribution < 1.29 is 23.9 Å². The molecule has 0 radical (unpaired) electrons. The highest BCUT2D eigenvalue weighted by molar-refractivity contribution is 5.98. The number of benzene rings is 1. The highest BCUT2D eigenvalue weighted by Gasteiger charge is 2.41. The Morgan fingerprint density at radius 2 is 1.86 bits per heavy atom. The van der Waals surface area contributed by atoms with Gasteiger partial charge in [-0.2, -0.15) is 0 Å². The summed E-state index contributed by atoms with van der Waals surface area (Å²) in [7, 11) is 0. The van der Waals surface area contributed by atoms with Crippen LogP contribution >= 0.6 is 0 Å². The Bertz CT molecular complexity index is 599. The van der Waals surface area contributed by atoms with Crippen molar-refractivity contribution >= 4 is 17.7 Å². The molecule has 1 amide bonds. The van der Waals surface area contributed by atoms with Crippen LogP contribution in [0.1, 0.15) is 36.5 Å². The molecule has 1 atom stereocenters. The van der Waals surface area contributed by atoms with Crippen molar-refractivity contribution in [3.63, 3.8) is 0 Å². The molecule has 1 unspecified atom stereocenters. The second-order valence-electron chi connectivity index (χ2n) is 5.86. The fraction of sp³-hybridized carbons (Fsp3) is 0.438. The molecule has 1 aromatic rings. The van der Waals surface area contributed by atoms with Crippen molar-refractivity contribution in [2.45, 2.75) is 26.2 Å². The maximum absolute atomic E-state index is 12.8. The van der Waals surface area contributed by atoms with Gasteiger partial charge in [0.2, 0.25) is 5.91 Å². The Labute approximate surface area is 127 Å². The minimum atomic E-state index is -0.912. The predicted molar refractivity (Wildman–Crippen MR) is 76.9 cm³/mol. The number of ketones is 1. The van der Waals surface area contributed by atoms with Gasteiger partial charge < -0.3 is 10.0 Å². The summed E-state index contributed by atoms with van der Waals surface area (Å²) in [5.41, 5.74) is -0.539. The van der Waals surface area contributed by atoms with E-state index in [0.717, 1.165) is 0 Å². The highest BCUT2D eigenvalue weighted by atomic mass is 19.1. The smallest absolute Gasteiger partial charge is 0.311 e. The first-order valence-electron chi connectivity index (χ1n) is 7.12. The molecule has 1 N–H and O–H groups in total. The minimum Gasteiger partial charge on any atom is -0.481 e. The summed E-state index contributed by atoms with van der Waals surface area (Å²) < 4.78 is 12.8. The van der Waals surface area contributed by atoms with Crippen molar-refractivity contribution in [1.29, 1.82) is 0 Å². The molecule has 1 heterocycles. The quantitative estimate of drug-likeness (QED) is 0.845. The zero-order valence-corrected chi connectivity index (χ0v) is 12.3. The molecule has 118 valence electrons. The molecule has 2 rings (SSSR count). The standard InChI is InChI=1S/C16H18FNO4/c1-16(15(21)22)8-9-18(10-16)14(20)7-6-13(19)11-2-4-12(17)5-3-11/h2-5H,6-10H2,1H3,(H,21,22). The molecule has 0 aliphatic carbocycles. The van der Waals surface area contributed by atoms with E-state index in [2.05, 4.69) is 0 Å². The lowest BCUT2D eigenvalue weighted by atomic mass is 9.90. The van der Waals surface area contributed by atoms with Crippen molar-refractivity contribution in [3.05, 3.63) is 35.6 Å². The number of amides is 1. The molecular formula is C16H18FNO4. The van der Waals surface area contributed by atoms with Gasteiger partial charge in [0.05, 0.1) is 5.41 Å². The molecule has 0 spiro atoms. The number of aliphatic carboxylic acids is 1. The predicted octanol–water partition coefficient (Wildman–Crippen LogP) is 2.11. The second kappa shape index (κ2) is 6.25. The van der Waals surface area contributed by atoms with Gasteiger partial charge in [-0.15, -0.1) is 0 Å². The van der Waals surface area contributed by atoms with E-state index in [1.54, 1.807) is 6.92 Å². The fourth-order valence-corrected chi connectivity index (χ4v) is 2.51. The largest absolute Gasteiger partial charge is 0.481 e. The summed E-state index contributed by atoms with van der Waals surface area (Å²) in [4.78, 5) is 36.6. The number of halogens is 1. The molecule has 0 aromatic heterocycles. The molecule has 1 fully saturated rings. The van der Waals surface area contributed by atoms with Crippen molar-refractivity contribution in [3.8, 4) is 0 Å². The van der Waals surface area contributed by atoms with E-state index in [4.69, 9.17) is 5.11 Å². The van der Waals surface area contributed by atoms with E-state index in [1.807, 2.05) is 0 Å². The van der Waals surface area contributed by atoms with Crippen LogP contribution in [0.25, 0.3) is 0 Å². The molecule has 1 aliphatic rings. The average Bonchev–Trinajstić information content (AvgIpc) is 2.89. The Morgan fingerprint density at radius 1 is 1.23 bits per heavy atom. The van der Waals surface area contributed by atoms with Gasteiger partial charge in [0.25, 0.3) is 0 Å². The summed E-state index contributed by atoms with van der Waals surface area (Å²) in [5, 5.41) is 9.14. The van der Waals surface area contributed by atoms with E-state index in [-0.39, 0.29) is 31.1 Å². The molecule has 0 bridgehead atoms. The van der Waals surface area contributed by atoms with Gasteiger partial charge in [0.15, 0.2) is 5.78 Å². The lowest BCUT2D eigenvalue weighted by Crippen LogP contribution is -2.34. The summed E-state index contributed by atoms with van der Waals surface area (Å²) in [6.07, 6.45) is 0.483. The molecule has 22 heavy (non-hydrogen) atoms. The Kier molecular flexibility index (Phi) is 4.59. The first-order chi connectivity index (χ1) is 10.3. The van der Waals surface area contributed by atoms with E-state index >= 15 is 0 Å². The summed E-state index contributed by atoms with van der Waals surface area (Å²) >= 11 is 0. The van der Waals surface area contributed by atoms with Gasteiger partial charge in [0, 0.05) is 31.5 Å². The summed E-state index contributed by atoms with van der Waals surface area (Å²) in [6.45, 7) is 2.19. The number of carboxylic acids is 1. The first-order valence-corrected chi connectivity index (χ1v) is 7.12. The average molecular weight is 307 g/mol. The number of likely N-dealkylation sites (tertiary alicyclic amines) is 1. The van der Waals surface area contributed by atoms with E-state index in [9.17, 15) is 18.8 Å². The van der Waals surface area contributed by atoms with Crippen LogP contribution in [-0.4, -0.2) is 40.8 Å². The molecule has 1 aromatic carbocycles. The van der Waals surface area contributed by atoms with Crippen molar-refractivity contribution in [1.82, 2.24) is 4.90 Å². The van der Waals surface area contributed by atoms with Crippen LogP contribution in [0.5, 0.6) is 0 Å². The summed E-state index contributed by atoms with van der Waals surface area (Å²) in [5.74, 6) is -1.78. The highest BCUT2D eigenvalue weighted by Crippen LogP contribution is 2.30. The number of carbonyl (C=O) groups excluding carboxylic acids is 2. The normalized spacial score (nSPS) is 20.9. The SMILES string of the molecule is CC1(C(=O)O)CCN(C(=O)CCC(=O)c2ccc(F)cc2)C1. The third-order valence-corrected chi connectivity index (χ3v) is 4.07. The van der Waals surface area contributed by atoms with Crippen LogP contribution in [0, 0.1) is 11.2 Å². The Balaban J connectivity index is 1.87. The van der Waals surface area contributed by atoms with Crippen molar-refractivity contribution in [2.24, 2.45) is 5.41 Å². The fourth-order valence-electron chi connectivity index (χ4n) is 2.51. The van der Waals surface area contributed by atoms with E-state index in [1.165, 1.54) is 29.2 Å². The number of nitrogens with zero attached hydrogens (tertiary/aromatic N) is 1. The monoisotopic (exact) mass is 307 g/mol. The van der Waals surface area contributed by atoms with E-state index in [0.29, 0.717) is 18.5 Å². The van der Waals surface area contributed by atoms with Gasteiger partial charge in [-0.1, -0.05) is 0 Å². The van der Waals surface area contributed by atoms with E-state index < -0.39 is 17.2 Å². The van der Waals surface area contributed by atoms with Crippen molar-refractivity contribution in [2.75, 3.05) is 13.1 Å². The molecule has 6 heteroatoms. The Hall–Kier alpha value is -2.24. The maximum atomic E-state index is 12.8. The molecule has 1 saturated heterocycles. The van der Waals surface area contributed by atoms with Crippen LogP contribution in [0.4, 0.5) is 4.39 Å². The second-order valence-corrected chi connectivity index (χ2v) is 5.86. The lowest BCUT2D eigenvalue weighted by molar-refractivity contribution is -0.147. The molecule has 0 saturated carbocycles. The first kappa shape index (κ1) is 16.1.